The average Bonchev–Trinajstić information content (AvgIpc) is 1.88. The molecule has 0 heterocycles. The van der Waals surface area contributed by atoms with E-state index in [4.69, 9.17) is 23.6 Å². The minimum Gasteiger partial charge on any atom is -0.291 e. The standard InChI is InChI=1S/C6H6Cl2N2/c7-10(8)9-6-4-2-1-3-5-6/h1-5,9H. The van der Waals surface area contributed by atoms with E-state index in [9.17, 15) is 0 Å². The number of anilines is 1. The zero-order valence-corrected chi connectivity index (χ0v) is 6.60. The van der Waals surface area contributed by atoms with Crippen LogP contribution >= 0.6 is 23.6 Å². The highest BCUT2D eigenvalue weighted by atomic mass is 35.5. The highest BCUT2D eigenvalue weighted by molar-refractivity contribution is 6.34. The fraction of sp³-hybridized carbons (Fsp3) is 0. The van der Waals surface area contributed by atoms with Crippen LogP contribution in [0.1, 0.15) is 0 Å². The monoisotopic (exact) mass is 176 g/mol. The van der Waals surface area contributed by atoms with Gasteiger partial charge in [-0.3, -0.25) is 5.43 Å². The number of benzene rings is 1. The Hall–Kier alpha value is -0.440. The van der Waals surface area contributed by atoms with E-state index in [0.717, 1.165) is 9.73 Å². The van der Waals surface area contributed by atoms with Gasteiger partial charge in [0.25, 0.3) is 0 Å². The van der Waals surface area contributed by atoms with E-state index in [0.29, 0.717) is 0 Å². The summed E-state index contributed by atoms with van der Waals surface area (Å²) in [5.74, 6) is 0. The zero-order valence-electron chi connectivity index (χ0n) is 5.09. The lowest BCUT2D eigenvalue weighted by Gasteiger charge is -2.05. The van der Waals surface area contributed by atoms with Gasteiger partial charge in [-0.15, -0.1) is 0 Å². The molecule has 1 N–H and O–H groups in total. The van der Waals surface area contributed by atoms with Crippen LogP contribution in [-0.2, 0) is 0 Å². The minimum atomic E-state index is 0.854. The van der Waals surface area contributed by atoms with Gasteiger partial charge >= 0.3 is 0 Å². The van der Waals surface area contributed by atoms with E-state index in [1.165, 1.54) is 0 Å². The predicted octanol–water partition coefficient (Wildman–Crippen LogP) is 2.62. The fourth-order valence-corrected chi connectivity index (χ4v) is 0.805. The maximum absolute atomic E-state index is 5.30. The Morgan fingerprint density at radius 3 is 2.20 bits per heavy atom. The van der Waals surface area contributed by atoms with Gasteiger partial charge in [-0.25, -0.2) is 0 Å². The van der Waals surface area contributed by atoms with Gasteiger partial charge < -0.3 is 0 Å². The Bertz CT molecular complexity index is 188. The Morgan fingerprint density at radius 1 is 1.10 bits per heavy atom. The highest BCUT2D eigenvalue weighted by Gasteiger charge is 1.91. The van der Waals surface area contributed by atoms with Gasteiger partial charge in [0.1, 0.15) is 0 Å². The average molecular weight is 177 g/mol. The Balaban J connectivity index is 2.59. The van der Waals surface area contributed by atoms with Crippen molar-refractivity contribution in [3.63, 3.8) is 0 Å². The molecule has 0 saturated heterocycles. The number of rotatable bonds is 2. The third-order valence-electron chi connectivity index (χ3n) is 0.987. The fourth-order valence-electron chi connectivity index (χ4n) is 0.610. The lowest BCUT2D eigenvalue weighted by molar-refractivity contribution is 0.866. The van der Waals surface area contributed by atoms with Crippen molar-refractivity contribution in [3.05, 3.63) is 30.3 Å². The molecule has 0 atom stereocenters. The second kappa shape index (κ2) is 3.66. The molecule has 0 aliphatic carbocycles. The van der Waals surface area contributed by atoms with Crippen molar-refractivity contribution >= 4 is 29.2 Å². The van der Waals surface area contributed by atoms with Crippen molar-refractivity contribution in [3.8, 4) is 0 Å². The van der Waals surface area contributed by atoms with E-state index in [1.54, 1.807) is 0 Å². The molecule has 4 heteroatoms. The van der Waals surface area contributed by atoms with Crippen molar-refractivity contribution in [1.29, 1.82) is 0 Å². The van der Waals surface area contributed by atoms with Gasteiger partial charge in [-0.1, -0.05) is 18.2 Å². The summed E-state index contributed by atoms with van der Waals surface area (Å²) in [5.41, 5.74) is 3.52. The molecule has 1 aromatic carbocycles. The summed E-state index contributed by atoms with van der Waals surface area (Å²) in [6, 6.07) is 9.41. The van der Waals surface area contributed by atoms with Crippen LogP contribution in [0.4, 0.5) is 5.69 Å². The topological polar surface area (TPSA) is 15.3 Å². The number of hydrazine groups is 1. The van der Waals surface area contributed by atoms with Gasteiger partial charge in [0.05, 0.1) is 5.69 Å². The Labute approximate surface area is 69.5 Å². The first-order valence-electron chi connectivity index (χ1n) is 2.72. The quantitative estimate of drug-likeness (QED) is 0.551. The van der Waals surface area contributed by atoms with Gasteiger partial charge in [0, 0.05) is 23.6 Å². The van der Waals surface area contributed by atoms with Crippen molar-refractivity contribution in [2.24, 2.45) is 0 Å². The second-order valence-corrected chi connectivity index (χ2v) is 2.56. The number of nitrogens with zero attached hydrogens (tertiary/aromatic N) is 1. The zero-order chi connectivity index (χ0) is 7.40. The first-order chi connectivity index (χ1) is 4.79. The van der Waals surface area contributed by atoms with Crippen molar-refractivity contribution in [1.82, 2.24) is 4.05 Å². The molecular weight excluding hydrogens is 171 g/mol. The third kappa shape index (κ3) is 2.43. The number of nitrogens with one attached hydrogen (secondary N) is 1. The molecule has 0 saturated carbocycles. The largest absolute Gasteiger partial charge is 0.291 e. The van der Waals surface area contributed by atoms with E-state index >= 15 is 0 Å². The van der Waals surface area contributed by atoms with Crippen LogP contribution in [0.2, 0.25) is 0 Å². The molecule has 1 rings (SSSR count). The van der Waals surface area contributed by atoms with E-state index in [2.05, 4.69) is 5.43 Å². The van der Waals surface area contributed by atoms with Crippen LogP contribution in [0.25, 0.3) is 0 Å². The van der Waals surface area contributed by atoms with Crippen LogP contribution in [0, 0.1) is 0 Å². The first-order valence-corrected chi connectivity index (χ1v) is 3.40. The van der Waals surface area contributed by atoms with Crippen molar-refractivity contribution in [2.75, 3.05) is 5.43 Å². The summed E-state index contributed by atoms with van der Waals surface area (Å²) in [6.07, 6.45) is 0. The smallest absolute Gasteiger partial charge is 0.0515 e. The number of hydrogen-bond acceptors (Lipinski definition) is 2. The van der Waals surface area contributed by atoms with Crippen LogP contribution in [0.5, 0.6) is 0 Å². The van der Waals surface area contributed by atoms with Crippen molar-refractivity contribution < 1.29 is 0 Å². The molecule has 10 heavy (non-hydrogen) atoms. The van der Waals surface area contributed by atoms with Gasteiger partial charge in [0.2, 0.25) is 0 Å². The minimum absolute atomic E-state index is 0.854. The summed E-state index contributed by atoms with van der Waals surface area (Å²) in [4.78, 5) is 0. The SMILES string of the molecule is ClN(Cl)Nc1ccccc1. The maximum Gasteiger partial charge on any atom is 0.0515 e. The summed E-state index contributed by atoms with van der Waals surface area (Å²) in [5, 5.41) is 0. The van der Waals surface area contributed by atoms with Crippen LogP contribution in [0.3, 0.4) is 0 Å². The molecule has 1 aromatic rings. The summed E-state index contributed by atoms with van der Waals surface area (Å²) < 4.78 is 0.856. The molecule has 2 nitrogen and oxygen atoms in total. The molecule has 0 unspecified atom stereocenters. The lowest BCUT2D eigenvalue weighted by atomic mass is 10.3. The molecule has 0 aromatic heterocycles. The molecule has 0 bridgehead atoms. The van der Waals surface area contributed by atoms with Crippen molar-refractivity contribution in [2.45, 2.75) is 0 Å². The third-order valence-corrected chi connectivity index (χ3v) is 1.16. The highest BCUT2D eigenvalue weighted by Crippen LogP contribution is 2.08. The molecule has 0 spiro atoms. The number of para-hydroxylation sites is 1. The molecule has 0 amide bonds. The van der Waals surface area contributed by atoms with E-state index in [-0.39, 0.29) is 0 Å². The molecular formula is C6H6Cl2N2. The molecule has 0 fully saturated rings. The molecule has 0 radical (unpaired) electrons. The van der Waals surface area contributed by atoms with Gasteiger partial charge in [0.15, 0.2) is 0 Å². The summed E-state index contributed by atoms with van der Waals surface area (Å²) in [6.45, 7) is 0. The lowest BCUT2D eigenvalue weighted by Crippen LogP contribution is -2.06. The van der Waals surface area contributed by atoms with Gasteiger partial charge in [-0.05, 0) is 16.2 Å². The summed E-state index contributed by atoms with van der Waals surface area (Å²) in [7, 11) is 0. The first kappa shape index (κ1) is 7.66. The molecule has 0 aliphatic heterocycles. The number of halogens is 2. The van der Waals surface area contributed by atoms with Gasteiger partial charge in [-0.2, -0.15) is 0 Å². The molecule has 54 valence electrons. The van der Waals surface area contributed by atoms with E-state index < -0.39 is 0 Å². The predicted molar refractivity (Wildman–Crippen MR) is 43.6 cm³/mol. The van der Waals surface area contributed by atoms with E-state index in [1.807, 2.05) is 30.3 Å². The normalized spacial score (nSPS) is 9.90. The van der Waals surface area contributed by atoms with Crippen LogP contribution < -0.4 is 5.43 Å². The Morgan fingerprint density at radius 2 is 1.70 bits per heavy atom. The molecule has 0 aliphatic rings. The van der Waals surface area contributed by atoms with Crippen LogP contribution in [-0.4, -0.2) is 4.05 Å². The summed E-state index contributed by atoms with van der Waals surface area (Å²) >= 11 is 10.6. The number of hydrogen-bond donors (Lipinski definition) is 1. The second-order valence-electron chi connectivity index (χ2n) is 1.71. The maximum atomic E-state index is 5.30. The van der Waals surface area contributed by atoms with Crippen LogP contribution in [0.15, 0.2) is 30.3 Å². The Kier molecular flexibility index (Phi) is 2.81.